The third-order valence-electron chi connectivity index (χ3n) is 6.46. The van der Waals surface area contributed by atoms with E-state index in [1.54, 1.807) is 6.20 Å². The monoisotopic (exact) mass is 486 g/mol. The van der Waals surface area contributed by atoms with E-state index in [9.17, 15) is 4.79 Å². The van der Waals surface area contributed by atoms with Crippen LogP contribution in [0.1, 0.15) is 64.9 Å². The number of nitrogens with one attached hydrogen (secondary N) is 1. The molecule has 4 heterocycles. The average Bonchev–Trinajstić information content (AvgIpc) is 3.60. The molecule has 3 aromatic heterocycles. The van der Waals surface area contributed by atoms with Crippen LogP contribution in [-0.4, -0.2) is 27.0 Å². The summed E-state index contributed by atoms with van der Waals surface area (Å²) in [5.41, 5.74) is 12.0. The molecule has 0 unspecified atom stereocenters. The molecule has 1 aromatic carbocycles. The van der Waals surface area contributed by atoms with Crippen molar-refractivity contribution in [3.8, 4) is 0 Å². The SMILES string of the molecule is Cc1cc(Cn2cccc2C(=O)Nc2nc([C@H]3CCCN3c3ccc([C@@H](C)N)cc3)cs2)ccn1. The van der Waals surface area contributed by atoms with Crippen LogP contribution < -0.4 is 16.0 Å². The van der Waals surface area contributed by atoms with Gasteiger partial charge in [-0.1, -0.05) is 12.1 Å². The number of hydrogen-bond donors (Lipinski definition) is 2. The van der Waals surface area contributed by atoms with Gasteiger partial charge in [0.2, 0.25) is 0 Å². The molecule has 35 heavy (non-hydrogen) atoms. The highest BCUT2D eigenvalue weighted by atomic mass is 32.1. The van der Waals surface area contributed by atoms with Crippen LogP contribution in [0.15, 0.2) is 66.3 Å². The van der Waals surface area contributed by atoms with E-state index in [-0.39, 0.29) is 18.0 Å². The molecule has 1 aliphatic rings. The van der Waals surface area contributed by atoms with Crippen LogP contribution in [0.25, 0.3) is 0 Å². The molecule has 1 aliphatic heterocycles. The van der Waals surface area contributed by atoms with Crippen molar-refractivity contribution >= 4 is 28.1 Å². The number of nitrogens with two attached hydrogens (primary N) is 1. The molecule has 180 valence electrons. The molecular weight excluding hydrogens is 456 g/mol. The van der Waals surface area contributed by atoms with Gasteiger partial charge < -0.3 is 15.2 Å². The second-order valence-corrected chi connectivity index (χ2v) is 9.95. The summed E-state index contributed by atoms with van der Waals surface area (Å²) in [5.74, 6) is -0.156. The number of carbonyl (C=O) groups is 1. The van der Waals surface area contributed by atoms with Gasteiger partial charge in [0, 0.05) is 48.3 Å². The van der Waals surface area contributed by atoms with Crippen LogP contribution in [0.5, 0.6) is 0 Å². The molecule has 1 saturated heterocycles. The summed E-state index contributed by atoms with van der Waals surface area (Å²) in [6.45, 7) is 5.56. The largest absolute Gasteiger partial charge is 0.363 e. The maximum atomic E-state index is 13.1. The van der Waals surface area contributed by atoms with Crippen molar-refractivity contribution in [2.75, 3.05) is 16.8 Å². The van der Waals surface area contributed by atoms with E-state index in [0.717, 1.165) is 41.9 Å². The molecule has 0 spiro atoms. The number of pyridine rings is 1. The van der Waals surface area contributed by atoms with E-state index in [1.165, 1.54) is 17.0 Å². The summed E-state index contributed by atoms with van der Waals surface area (Å²) in [7, 11) is 0. The third-order valence-corrected chi connectivity index (χ3v) is 7.24. The lowest BCUT2D eigenvalue weighted by Crippen LogP contribution is -2.23. The van der Waals surface area contributed by atoms with Gasteiger partial charge in [-0.3, -0.25) is 15.1 Å². The second kappa shape index (κ2) is 10.0. The summed E-state index contributed by atoms with van der Waals surface area (Å²) in [6, 6.07) is 16.5. The van der Waals surface area contributed by atoms with Gasteiger partial charge in [0.05, 0.1) is 11.7 Å². The first-order chi connectivity index (χ1) is 17.0. The van der Waals surface area contributed by atoms with Crippen LogP contribution in [0.2, 0.25) is 0 Å². The highest BCUT2D eigenvalue weighted by Crippen LogP contribution is 2.37. The van der Waals surface area contributed by atoms with Crippen molar-refractivity contribution in [3.05, 3.63) is 94.5 Å². The lowest BCUT2D eigenvalue weighted by atomic mass is 10.1. The molecule has 7 nitrogen and oxygen atoms in total. The molecule has 5 rings (SSSR count). The van der Waals surface area contributed by atoms with Gasteiger partial charge in [0.25, 0.3) is 5.91 Å². The first kappa shape index (κ1) is 23.3. The first-order valence-electron chi connectivity index (χ1n) is 11.9. The van der Waals surface area contributed by atoms with E-state index in [4.69, 9.17) is 10.7 Å². The van der Waals surface area contributed by atoms with Crippen molar-refractivity contribution in [1.82, 2.24) is 14.5 Å². The fourth-order valence-corrected chi connectivity index (χ4v) is 5.42. The van der Waals surface area contributed by atoms with Crippen molar-refractivity contribution in [1.29, 1.82) is 0 Å². The number of anilines is 2. The van der Waals surface area contributed by atoms with E-state index in [0.29, 0.717) is 17.4 Å². The number of amides is 1. The first-order valence-corrected chi connectivity index (χ1v) is 12.8. The van der Waals surface area contributed by atoms with Crippen molar-refractivity contribution in [2.24, 2.45) is 5.73 Å². The van der Waals surface area contributed by atoms with Gasteiger partial charge in [0.1, 0.15) is 5.69 Å². The van der Waals surface area contributed by atoms with E-state index < -0.39 is 0 Å². The molecule has 1 amide bonds. The van der Waals surface area contributed by atoms with Crippen LogP contribution in [-0.2, 0) is 6.54 Å². The zero-order valence-electron chi connectivity index (χ0n) is 20.0. The zero-order valence-corrected chi connectivity index (χ0v) is 20.8. The molecular formula is C27H30N6OS. The predicted molar refractivity (Wildman–Crippen MR) is 141 cm³/mol. The fraction of sp³-hybridized carbons (Fsp3) is 0.296. The Morgan fingerprint density at radius 2 is 2.09 bits per heavy atom. The van der Waals surface area contributed by atoms with E-state index >= 15 is 0 Å². The van der Waals surface area contributed by atoms with Gasteiger partial charge in [0.15, 0.2) is 5.13 Å². The Morgan fingerprint density at radius 3 is 2.86 bits per heavy atom. The van der Waals surface area contributed by atoms with Crippen molar-refractivity contribution < 1.29 is 4.79 Å². The standard InChI is InChI=1S/C27H30N6OS/c1-18-15-20(11-12-29-18)16-32-13-3-6-25(32)26(34)31-27-30-23(17-35-27)24-5-4-14-33(24)22-9-7-21(8-10-22)19(2)28/h3,6-13,15,17,19,24H,4-5,14,16,28H2,1-2H3,(H,30,31,34)/t19-,24-/m1/s1. The Balaban J connectivity index is 1.28. The Hall–Kier alpha value is -3.49. The van der Waals surface area contributed by atoms with Gasteiger partial charge in [-0.25, -0.2) is 4.98 Å². The number of hydrogen-bond acceptors (Lipinski definition) is 6. The second-order valence-electron chi connectivity index (χ2n) is 9.09. The van der Waals surface area contributed by atoms with Crippen molar-refractivity contribution in [2.45, 2.75) is 45.3 Å². The number of aromatic nitrogens is 3. The lowest BCUT2D eigenvalue weighted by Gasteiger charge is -2.26. The summed E-state index contributed by atoms with van der Waals surface area (Å²) < 4.78 is 1.95. The maximum absolute atomic E-state index is 13.1. The Labute approximate surface area is 209 Å². The van der Waals surface area contributed by atoms with Gasteiger partial charge >= 0.3 is 0 Å². The zero-order chi connectivity index (χ0) is 24.4. The highest BCUT2D eigenvalue weighted by Gasteiger charge is 2.28. The van der Waals surface area contributed by atoms with Gasteiger partial charge in [-0.2, -0.15) is 0 Å². The minimum atomic E-state index is -0.156. The number of nitrogens with zero attached hydrogens (tertiary/aromatic N) is 4. The third kappa shape index (κ3) is 5.13. The Morgan fingerprint density at radius 1 is 1.26 bits per heavy atom. The molecule has 1 fully saturated rings. The molecule has 0 bridgehead atoms. The van der Waals surface area contributed by atoms with E-state index in [2.05, 4.69) is 44.8 Å². The molecule has 2 atom stereocenters. The number of aryl methyl sites for hydroxylation is 1. The molecule has 3 N–H and O–H groups in total. The molecule has 4 aromatic rings. The maximum Gasteiger partial charge on any atom is 0.274 e. The Kier molecular flexibility index (Phi) is 6.66. The molecule has 0 aliphatic carbocycles. The molecule has 0 radical (unpaired) electrons. The minimum Gasteiger partial charge on any atom is -0.363 e. The Bertz CT molecular complexity index is 1310. The fourth-order valence-electron chi connectivity index (χ4n) is 4.67. The van der Waals surface area contributed by atoms with Crippen molar-refractivity contribution in [3.63, 3.8) is 0 Å². The van der Waals surface area contributed by atoms with Crippen LogP contribution >= 0.6 is 11.3 Å². The van der Waals surface area contributed by atoms with Crippen LogP contribution in [0.4, 0.5) is 10.8 Å². The van der Waals surface area contributed by atoms with Gasteiger partial charge in [-0.05, 0) is 74.2 Å². The van der Waals surface area contributed by atoms with Crippen LogP contribution in [0.3, 0.4) is 0 Å². The van der Waals surface area contributed by atoms with E-state index in [1.807, 2.05) is 48.9 Å². The van der Waals surface area contributed by atoms with Gasteiger partial charge in [-0.15, -0.1) is 11.3 Å². The topological polar surface area (TPSA) is 89.1 Å². The summed E-state index contributed by atoms with van der Waals surface area (Å²) in [6.07, 6.45) is 5.87. The minimum absolute atomic E-state index is 0.0260. The average molecular weight is 487 g/mol. The number of benzene rings is 1. The predicted octanol–water partition coefficient (Wildman–Crippen LogP) is 5.31. The number of thiazole rings is 1. The summed E-state index contributed by atoms with van der Waals surface area (Å²) in [4.78, 5) is 24.5. The summed E-state index contributed by atoms with van der Waals surface area (Å²) >= 11 is 1.47. The highest BCUT2D eigenvalue weighted by molar-refractivity contribution is 7.14. The molecule has 8 heteroatoms. The molecule has 0 saturated carbocycles. The van der Waals surface area contributed by atoms with Crippen LogP contribution in [0, 0.1) is 6.92 Å². The number of rotatable bonds is 7. The smallest absolute Gasteiger partial charge is 0.274 e. The summed E-state index contributed by atoms with van der Waals surface area (Å²) in [5, 5.41) is 5.69. The number of carbonyl (C=O) groups excluding carboxylic acids is 1. The quantitative estimate of drug-likeness (QED) is 0.370. The lowest BCUT2D eigenvalue weighted by molar-refractivity contribution is 0.101. The normalized spacial score (nSPS) is 16.4.